The summed E-state index contributed by atoms with van der Waals surface area (Å²) in [6, 6.07) is 10.9. The zero-order chi connectivity index (χ0) is 25.1. The molecule has 0 unspecified atom stereocenters. The molecule has 8 heteroatoms. The first-order valence-corrected chi connectivity index (χ1v) is 13.0. The van der Waals surface area contributed by atoms with Crippen LogP contribution in [0, 0.1) is 5.41 Å². The van der Waals surface area contributed by atoms with E-state index >= 15 is 0 Å². The van der Waals surface area contributed by atoms with Gasteiger partial charge in [0.05, 0.1) is 6.54 Å². The molecule has 0 saturated carbocycles. The molecule has 0 radical (unpaired) electrons. The average Bonchev–Trinajstić information content (AvgIpc) is 2.92. The number of carbonyl (C=O) groups is 1. The van der Waals surface area contributed by atoms with Crippen molar-refractivity contribution in [2.75, 3.05) is 50.1 Å². The van der Waals surface area contributed by atoms with Crippen molar-refractivity contribution >= 4 is 23.2 Å². The number of nitrogens with zero attached hydrogens (tertiary/aromatic N) is 3. The molecule has 1 fully saturated rings. The zero-order valence-corrected chi connectivity index (χ0v) is 21.3. The molecule has 3 N–H and O–H groups in total. The molecular weight excluding hydrogens is 452 g/mol. The molecular formula is C28H36N6O2. The third-order valence-corrected chi connectivity index (χ3v) is 7.50. The molecule has 2 aromatic rings. The maximum Gasteiger partial charge on any atom is 0.219 e. The molecule has 1 amide bonds. The van der Waals surface area contributed by atoms with Crippen molar-refractivity contribution in [3.63, 3.8) is 0 Å². The van der Waals surface area contributed by atoms with Crippen LogP contribution in [0.5, 0.6) is 0 Å². The van der Waals surface area contributed by atoms with Crippen molar-refractivity contribution in [2.45, 2.75) is 45.1 Å². The summed E-state index contributed by atoms with van der Waals surface area (Å²) in [5.41, 5.74) is 6.61. The number of carbonyl (C=O) groups excluding carboxylic acids is 1. The Hall–Kier alpha value is -3.39. The van der Waals surface area contributed by atoms with Gasteiger partial charge < -0.3 is 25.2 Å². The molecule has 3 aliphatic rings. The molecule has 8 nitrogen and oxygen atoms in total. The normalized spacial score (nSPS) is 18.6. The molecule has 1 saturated heterocycles. The smallest absolute Gasteiger partial charge is 0.219 e. The second-order valence-corrected chi connectivity index (χ2v) is 9.81. The molecule has 0 aliphatic carbocycles. The van der Waals surface area contributed by atoms with Crippen molar-refractivity contribution in [2.24, 2.45) is 0 Å². The Balaban J connectivity index is 1.43. The third kappa shape index (κ3) is 5.09. The minimum atomic E-state index is 0.0620. The summed E-state index contributed by atoms with van der Waals surface area (Å²) < 4.78 is 5.53. The molecule has 0 atom stereocenters. The number of rotatable bonds is 5. The van der Waals surface area contributed by atoms with E-state index in [9.17, 15) is 10.2 Å². The van der Waals surface area contributed by atoms with Gasteiger partial charge in [-0.2, -0.15) is 0 Å². The topological polar surface area (TPSA) is 93.6 Å². The van der Waals surface area contributed by atoms with Gasteiger partial charge in [0.25, 0.3) is 0 Å². The number of ether oxygens (including phenoxy) is 1. The molecule has 4 heterocycles. The number of nitrogens with one attached hydrogen (secondary N) is 3. The number of aromatic nitrogens is 1. The SMILES string of the molecule is CNc1ccc(-c2ccc3c(c2)CCCN3C(=N)C2=C(NC3CCOCC3)CCN(C(C)=O)C2)cn1. The van der Waals surface area contributed by atoms with Gasteiger partial charge >= 0.3 is 0 Å². The minimum absolute atomic E-state index is 0.0620. The van der Waals surface area contributed by atoms with Crippen molar-refractivity contribution in [3.8, 4) is 11.1 Å². The number of hydrogen-bond donors (Lipinski definition) is 3. The fourth-order valence-corrected chi connectivity index (χ4v) is 5.38. The maximum atomic E-state index is 12.2. The summed E-state index contributed by atoms with van der Waals surface area (Å²) in [6.45, 7) is 5.13. The highest BCUT2D eigenvalue weighted by Crippen LogP contribution is 2.33. The first-order valence-electron chi connectivity index (χ1n) is 13.0. The predicted molar refractivity (Wildman–Crippen MR) is 143 cm³/mol. The number of hydrogen-bond acceptors (Lipinski definition) is 6. The lowest BCUT2D eigenvalue weighted by molar-refractivity contribution is -0.128. The van der Waals surface area contributed by atoms with Gasteiger partial charge in [-0.15, -0.1) is 0 Å². The standard InChI is InChI=1S/C28H36N6O2/c1-19(35)33-13-9-25(32-23-10-14-36-15-11-23)24(18-33)28(29)34-12-3-4-21-16-20(5-7-26(21)34)22-6-8-27(30-2)31-17-22/h5-8,16-17,23,29,32H,3-4,9-15,18H2,1-2H3,(H,30,31). The van der Waals surface area contributed by atoms with Crippen LogP contribution in [-0.4, -0.2) is 67.6 Å². The van der Waals surface area contributed by atoms with Crippen molar-refractivity contribution in [1.82, 2.24) is 15.2 Å². The first kappa shape index (κ1) is 24.3. The summed E-state index contributed by atoms with van der Waals surface area (Å²) in [7, 11) is 1.87. The highest BCUT2D eigenvalue weighted by Gasteiger charge is 2.30. The Bertz CT molecular complexity index is 1150. The molecule has 36 heavy (non-hydrogen) atoms. The van der Waals surface area contributed by atoms with Crippen LogP contribution in [0.4, 0.5) is 11.5 Å². The maximum absolute atomic E-state index is 12.2. The van der Waals surface area contributed by atoms with E-state index in [2.05, 4.69) is 44.8 Å². The molecule has 1 aromatic heterocycles. The van der Waals surface area contributed by atoms with E-state index in [0.29, 0.717) is 25.0 Å². The summed E-state index contributed by atoms with van der Waals surface area (Å²) in [5.74, 6) is 1.41. The monoisotopic (exact) mass is 488 g/mol. The predicted octanol–water partition coefficient (Wildman–Crippen LogP) is 3.80. The van der Waals surface area contributed by atoms with Gasteiger partial charge in [-0.1, -0.05) is 6.07 Å². The van der Waals surface area contributed by atoms with Gasteiger partial charge in [-0.3, -0.25) is 10.2 Å². The van der Waals surface area contributed by atoms with Gasteiger partial charge in [0, 0.05) is 81.5 Å². The molecule has 3 aliphatic heterocycles. The Morgan fingerprint density at radius 1 is 1.11 bits per heavy atom. The van der Waals surface area contributed by atoms with Crippen molar-refractivity contribution < 1.29 is 9.53 Å². The fourth-order valence-electron chi connectivity index (χ4n) is 5.38. The summed E-state index contributed by atoms with van der Waals surface area (Å²) in [6.07, 6.45) is 6.57. The number of aryl methyl sites for hydroxylation is 1. The number of anilines is 2. The molecule has 0 spiro atoms. The Kier molecular flexibility index (Phi) is 7.23. The number of amides is 1. The number of amidine groups is 1. The lowest BCUT2D eigenvalue weighted by Crippen LogP contribution is -2.46. The minimum Gasteiger partial charge on any atom is -0.385 e. The van der Waals surface area contributed by atoms with Crippen molar-refractivity contribution in [1.29, 1.82) is 5.41 Å². The van der Waals surface area contributed by atoms with Crippen molar-refractivity contribution in [3.05, 3.63) is 53.4 Å². The van der Waals surface area contributed by atoms with Gasteiger partial charge in [0.1, 0.15) is 11.7 Å². The van der Waals surface area contributed by atoms with E-state index in [0.717, 1.165) is 85.8 Å². The molecule has 0 bridgehead atoms. The molecule has 190 valence electrons. The lowest BCUT2D eigenvalue weighted by atomic mass is 9.95. The quantitative estimate of drug-likeness (QED) is 0.438. The summed E-state index contributed by atoms with van der Waals surface area (Å²) in [4.78, 5) is 20.7. The number of pyridine rings is 1. The van der Waals surface area contributed by atoms with E-state index in [4.69, 9.17) is 4.74 Å². The molecule has 1 aromatic carbocycles. The van der Waals surface area contributed by atoms with Gasteiger partial charge in [-0.05, 0) is 61.1 Å². The van der Waals surface area contributed by atoms with E-state index in [1.165, 1.54) is 5.56 Å². The Morgan fingerprint density at radius 3 is 2.64 bits per heavy atom. The number of benzene rings is 1. The summed E-state index contributed by atoms with van der Waals surface area (Å²) in [5, 5.41) is 16.1. The Labute approximate surface area is 213 Å². The zero-order valence-electron chi connectivity index (χ0n) is 21.3. The van der Waals surface area contributed by atoms with Crippen LogP contribution in [0.15, 0.2) is 47.8 Å². The van der Waals surface area contributed by atoms with Crippen LogP contribution in [-0.2, 0) is 16.0 Å². The van der Waals surface area contributed by atoms with E-state index in [-0.39, 0.29) is 5.91 Å². The van der Waals surface area contributed by atoms with Crippen LogP contribution in [0.1, 0.15) is 38.2 Å². The van der Waals surface area contributed by atoms with Gasteiger partial charge in [0.2, 0.25) is 5.91 Å². The van der Waals surface area contributed by atoms with Crippen LogP contribution in [0.3, 0.4) is 0 Å². The third-order valence-electron chi connectivity index (χ3n) is 7.50. The van der Waals surface area contributed by atoms with E-state index in [1.54, 1.807) is 6.92 Å². The van der Waals surface area contributed by atoms with Gasteiger partial charge in [0.15, 0.2) is 0 Å². The molecule has 5 rings (SSSR count). The highest BCUT2D eigenvalue weighted by molar-refractivity contribution is 6.09. The lowest BCUT2D eigenvalue weighted by Gasteiger charge is -2.38. The van der Waals surface area contributed by atoms with Gasteiger partial charge in [-0.25, -0.2) is 4.98 Å². The highest BCUT2D eigenvalue weighted by atomic mass is 16.5. The first-order chi connectivity index (χ1) is 17.5. The van der Waals surface area contributed by atoms with Crippen LogP contribution in [0.25, 0.3) is 11.1 Å². The van der Waals surface area contributed by atoms with Crippen LogP contribution < -0.4 is 15.5 Å². The summed E-state index contributed by atoms with van der Waals surface area (Å²) >= 11 is 0. The van der Waals surface area contributed by atoms with Crippen LogP contribution >= 0.6 is 0 Å². The van der Waals surface area contributed by atoms with E-state index < -0.39 is 0 Å². The fraction of sp³-hybridized carbons (Fsp3) is 0.464. The average molecular weight is 489 g/mol. The van der Waals surface area contributed by atoms with Crippen LogP contribution in [0.2, 0.25) is 0 Å². The second-order valence-electron chi connectivity index (χ2n) is 9.81. The number of fused-ring (bicyclic) bond motifs is 1. The van der Waals surface area contributed by atoms with E-state index in [1.807, 2.05) is 24.2 Å². The largest absolute Gasteiger partial charge is 0.385 e. The Morgan fingerprint density at radius 2 is 1.92 bits per heavy atom. The second kappa shape index (κ2) is 10.7.